The maximum atomic E-state index is 11.5. The fourth-order valence-electron chi connectivity index (χ4n) is 2.05. The van der Waals surface area contributed by atoms with Gasteiger partial charge in [-0.05, 0) is 30.0 Å². The number of amides is 1. The Bertz CT molecular complexity index is 387. The summed E-state index contributed by atoms with van der Waals surface area (Å²) >= 11 is 0. The molecule has 1 amide bonds. The van der Waals surface area contributed by atoms with Gasteiger partial charge in [0.1, 0.15) is 0 Å². The summed E-state index contributed by atoms with van der Waals surface area (Å²) in [5, 5.41) is 8.80. The van der Waals surface area contributed by atoms with E-state index in [0.29, 0.717) is 6.42 Å². The van der Waals surface area contributed by atoms with Crippen LogP contribution < -0.4 is 4.90 Å². The maximum absolute atomic E-state index is 11.5. The Morgan fingerprint density at radius 2 is 2.27 bits per heavy atom. The number of nitrogens with zero attached hydrogens (tertiary/aromatic N) is 1. The van der Waals surface area contributed by atoms with Gasteiger partial charge in [-0.1, -0.05) is 12.1 Å². The molecular weight excluding hydrogens is 190 g/mol. The molecule has 2 rings (SSSR count). The first-order valence-corrected chi connectivity index (χ1v) is 5.22. The van der Waals surface area contributed by atoms with Crippen LogP contribution in [0.1, 0.15) is 17.5 Å². The summed E-state index contributed by atoms with van der Waals surface area (Å²) in [7, 11) is 1.81. The number of benzene rings is 1. The normalized spacial score (nSPS) is 14.5. The molecule has 0 bridgehead atoms. The number of carbonyl (C=O) groups excluding carboxylic acids is 1. The molecule has 0 saturated heterocycles. The highest BCUT2D eigenvalue weighted by atomic mass is 16.2. The zero-order chi connectivity index (χ0) is 10.8. The molecule has 0 spiro atoms. The fraction of sp³-hybridized carbons (Fsp3) is 0.417. The van der Waals surface area contributed by atoms with Crippen molar-refractivity contribution in [2.75, 3.05) is 18.6 Å². The van der Waals surface area contributed by atoms with Gasteiger partial charge in [-0.15, -0.1) is 0 Å². The lowest BCUT2D eigenvalue weighted by Crippen LogP contribution is -2.20. The molecule has 1 aromatic rings. The molecule has 3 nitrogen and oxygen atoms in total. The van der Waals surface area contributed by atoms with E-state index in [1.807, 2.05) is 25.2 Å². The summed E-state index contributed by atoms with van der Waals surface area (Å²) in [6.45, 7) is 0.202. The van der Waals surface area contributed by atoms with Crippen LogP contribution in [0.4, 0.5) is 5.69 Å². The lowest BCUT2D eigenvalue weighted by atomic mass is 10.0. The van der Waals surface area contributed by atoms with Crippen molar-refractivity contribution in [2.45, 2.75) is 19.3 Å². The molecule has 0 saturated carbocycles. The highest BCUT2D eigenvalue weighted by molar-refractivity contribution is 6.01. The van der Waals surface area contributed by atoms with E-state index in [2.05, 4.69) is 0 Å². The molecule has 0 fully saturated rings. The zero-order valence-corrected chi connectivity index (χ0v) is 8.86. The Kier molecular flexibility index (Phi) is 2.73. The number of rotatable bonds is 3. The van der Waals surface area contributed by atoms with E-state index in [0.717, 1.165) is 24.1 Å². The topological polar surface area (TPSA) is 40.5 Å². The second-order valence-corrected chi connectivity index (χ2v) is 3.87. The average molecular weight is 205 g/mol. The number of aliphatic hydroxyl groups is 1. The van der Waals surface area contributed by atoms with Gasteiger partial charge in [0.2, 0.25) is 5.91 Å². The Hall–Kier alpha value is -1.35. The number of carbonyl (C=O) groups is 1. The summed E-state index contributed by atoms with van der Waals surface area (Å²) in [5.74, 6) is 0.154. The van der Waals surface area contributed by atoms with Crippen LogP contribution in [-0.4, -0.2) is 24.7 Å². The third-order valence-corrected chi connectivity index (χ3v) is 2.92. The molecule has 15 heavy (non-hydrogen) atoms. The number of hydrogen-bond donors (Lipinski definition) is 1. The lowest BCUT2D eigenvalue weighted by molar-refractivity contribution is -0.117. The maximum Gasteiger partial charge on any atom is 0.231 e. The second kappa shape index (κ2) is 4.03. The van der Waals surface area contributed by atoms with Gasteiger partial charge in [-0.3, -0.25) is 4.79 Å². The Balaban J connectivity index is 2.32. The minimum atomic E-state index is 0.154. The molecule has 0 aromatic heterocycles. The van der Waals surface area contributed by atoms with E-state index in [4.69, 9.17) is 5.11 Å². The number of anilines is 1. The molecule has 1 aliphatic heterocycles. The highest BCUT2D eigenvalue weighted by Gasteiger charge is 2.25. The third kappa shape index (κ3) is 1.75. The van der Waals surface area contributed by atoms with Crippen LogP contribution in [0.15, 0.2) is 18.2 Å². The van der Waals surface area contributed by atoms with Gasteiger partial charge in [0.25, 0.3) is 0 Å². The van der Waals surface area contributed by atoms with Crippen molar-refractivity contribution in [3.05, 3.63) is 29.3 Å². The van der Waals surface area contributed by atoms with Crippen LogP contribution in [-0.2, 0) is 17.6 Å². The van der Waals surface area contributed by atoms with E-state index in [1.54, 1.807) is 4.90 Å². The fourth-order valence-corrected chi connectivity index (χ4v) is 2.05. The van der Waals surface area contributed by atoms with E-state index < -0.39 is 0 Å². The van der Waals surface area contributed by atoms with Gasteiger partial charge in [0.15, 0.2) is 0 Å². The minimum Gasteiger partial charge on any atom is -0.396 e. The molecule has 80 valence electrons. The number of aliphatic hydroxyl groups excluding tert-OH is 1. The predicted octanol–water partition coefficient (Wildman–Crippen LogP) is 1.13. The number of fused-ring (bicyclic) bond motifs is 1. The van der Waals surface area contributed by atoms with Crippen LogP contribution in [0.25, 0.3) is 0 Å². The molecule has 0 unspecified atom stereocenters. The lowest BCUT2D eigenvalue weighted by Gasteiger charge is -2.11. The SMILES string of the molecule is CN1C(=O)Cc2c(CCCO)cccc21. The molecular formula is C12H15NO2. The molecule has 0 aliphatic carbocycles. The van der Waals surface area contributed by atoms with E-state index in [-0.39, 0.29) is 12.5 Å². The van der Waals surface area contributed by atoms with Gasteiger partial charge in [0, 0.05) is 19.3 Å². The summed E-state index contributed by atoms with van der Waals surface area (Å²) in [6, 6.07) is 5.99. The Morgan fingerprint density at radius 3 is 3.00 bits per heavy atom. The summed E-state index contributed by atoms with van der Waals surface area (Å²) in [5.41, 5.74) is 3.35. The molecule has 0 radical (unpaired) electrons. The van der Waals surface area contributed by atoms with Crippen LogP contribution in [0, 0.1) is 0 Å². The first-order valence-electron chi connectivity index (χ1n) is 5.22. The monoisotopic (exact) mass is 205 g/mol. The standard InChI is InChI=1S/C12H15NO2/c1-13-11-6-2-4-9(5-3-7-14)10(11)8-12(13)15/h2,4,6,14H,3,5,7-8H2,1H3. The van der Waals surface area contributed by atoms with Gasteiger partial charge >= 0.3 is 0 Å². The molecule has 1 aromatic carbocycles. The van der Waals surface area contributed by atoms with Crippen LogP contribution in [0.3, 0.4) is 0 Å². The van der Waals surface area contributed by atoms with Crippen molar-refractivity contribution in [2.24, 2.45) is 0 Å². The average Bonchev–Trinajstić information content (AvgIpc) is 2.53. The van der Waals surface area contributed by atoms with Gasteiger partial charge in [-0.2, -0.15) is 0 Å². The smallest absolute Gasteiger partial charge is 0.231 e. The van der Waals surface area contributed by atoms with Crippen LogP contribution >= 0.6 is 0 Å². The molecule has 1 aliphatic rings. The van der Waals surface area contributed by atoms with Crippen molar-refractivity contribution >= 4 is 11.6 Å². The summed E-state index contributed by atoms with van der Waals surface area (Å²) in [6.07, 6.45) is 2.11. The van der Waals surface area contributed by atoms with Crippen LogP contribution in [0.2, 0.25) is 0 Å². The van der Waals surface area contributed by atoms with Crippen LogP contribution in [0.5, 0.6) is 0 Å². The van der Waals surface area contributed by atoms with Gasteiger partial charge in [-0.25, -0.2) is 0 Å². The largest absolute Gasteiger partial charge is 0.396 e. The van der Waals surface area contributed by atoms with Crippen molar-refractivity contribution in [3.8, 4) is 0 Å². The van der Waals surface area contributed by atoms with E-state index in [9.17, 15) is 4.79 Å². The van der Waals surface area contributed by atoms with E-state index >= 15 is 0 Å². The summed E-state index contributed by atoms with van der Waals surface area (Å²) < 4.78 is 0. The van der Waals surface area contributed by atoms with Crippen molar-refractivity contribution in [3.63, 3.8) is 0 Å². The van der Waals surface area contributed by atoms with Gasteiger partial charge in [0.05, 0.1) is 6.42 Å². The van der Waals surface area contributed by atoms with E-state index in [1.165, 1.54) is 5.56 Å². The number of hydrogen-bond acceptors (Lipinski definition) is 2. The third-order valence-electron chi connectivity index (χ3n) is 2.92. The molecule has 0 atom stereocenters. The quantitative estimate of drug-likeness (QED) is 0.803. The van der Waals surface area contributed by atoms with Crippen molar-refractivity contribution in [1.29, 1.82) is 0 Å². The van der Waals surface area contributed by atoms with Crippen molar-refractivity contribution in [1.82, 2.24) is 0 Å². The zero-order valence-electron chi connectivity index (χ0n) is 8.86. The Labute approximate surface area is 89.3 Å². The molecule has 3 heteroatoms. The van der Waals surface area contributed by atoms with Gasteiger partial charge < -0.3 is 10.0 Å². The Morgan fingerprint density at radius 1 is 1.47 bits per heavy atom. The number of likely N-dealkylation sites (N-methyl/N-ethyl adjacent to an activating group) is 1. The van der Waals surface area contributed by atoms with Crippen molar-refractivity contribution < 1.29 is 9.90 Å². The molecule has 1 heterocycles. The second-order valence-electron chi connectivity index (χ2n) is 3.87. The first kappa shape index (κ1) is 10.2. The summed E-state index contributed by atoms with van der Waals surface area (Å²) in [4.78, 5) is 13.2. The first-order chi connectivity index (χ1) is 7.24. The highest BCUT2D eigenvalue weighted by Crippen LogP contribution is 2.30. The minimum absolute atomic E-state index is 0.154. The predicted molar refractivity (Wildman–Crippen MR) is 59.0 cm³/mol. The molecule has 1 N–H and O–H groups in total. The number of aryl methyl sites for hydroxylation is 1.